The summed E-state index contributed by atoms with van der Waals surface area (Å²) in [6, 6.07) is 19.4. The summed E-state index contributed by atoms with van der Waals surface area (Å²) in [6.07, 6.45) is 1.73. The highest BCUT2D eigenvalue weighted by atomic mass is 32.2. The van der Waals surface area contributed by atoms with Gasteiger partial charge in [0.2, 0.25) is 15.9 Å². The van der Waals surface area contributed by atoms with Crippen molar-refractivity contribution in [1.82, 2.24) is 9.21 Å². The van der Waals surface area contributed by atoms with Crippen molar-refractivity contribution in [3.05, 3.63) is 71.8 Å². The fraction of sp³-hybridized carbons (Fsp3) is 0.350. The van der Waals surface area contributed by atoms with Crippen LogP contribution in [0.25, 0.3) is 0 Å². The topological polar surface area (TPSA) is 57.7 Å². The van der Waals surface area contributed by atoms with Crippen molar-refractivity contribution in [2.45, 2.75) is 19.9 Å². The van der Waals surface area contributed by atoms with Gasteiger partial charge in [-0.25, -0.2) is 8.42 Å². The summed E-state index contributed by atoms with van der Waals surface area (Å²) in [5.41, 5.74) is 2.07. The van der Waals surface area contributed by atoms with Gasteiger partial charge in [-0.3, -0.25) is 4.79 Å². The van der Waals surface area contributed by atoms with Gasteiger partial charge in [0.05, 0.1) is 12.8 Å². The summed E-state index contributed by atoms with van der Waals surface area (Å²) in [5.74, 6) is -0.185. The minimum Gasteiger partial charge on any atom is -0.338 e. The van der Waals surface area contributed by atoms with Crippen LogP contribution < -0.4 is 0 Å². The summed E-state index contributed by atoms with van der Waals surface area (Å²) in [4.78, 5) is 14.3. The summed E-state index contributed by atoms with van der Waals surface area (Å²) in [7, 11) is -3.46. The third kappa shape index (κ3) is 6.28. The molecule has 0 N–H and O–H groups in total. The number of nitrogens with zero attached hydrogens (tertiary/aromatic N) is 2. The lowest BCUT2D eigenvalue weighted by molar-refractivity contribution is -0.131. The number of carbonyl (C=O) groups is 1. The van der Waals surface area contributed by atoms with Gasteiger partial charge < -0.3 is 4.90 Å². The Hall–Kier alpha value is -2.18. The van der Waals surface area contributed by atoms with E-state index in [0.717, 1.165) is 17.4 Å². The van der Waals surface area contributed by atoms with Crippen molar-refractivity contribution < 1.29 is 13.2 Å². The smallest absolute Gasteiger partial charge is 0.238 e. The average molecular weight is 375 g/mol. The molecule has 0 bridgehead atoms. The molecule has 140 valence electrons. The third-order valence-corrected chi connectivity index (χ3v) is 5.47. The van der Waals surface area contributed by atoms with E-state index in [0.29, 0.717) is 19.5 Å². The Labute approximate surface area is 156 Å². The zero-order valence-electron chi connectivity index (χ0n) is 15.3. The summed E-state index contributed by atoms with van der Waals surface area (Å²) >= 11 is 0. The first-order chi connectivity index (χ1) is 12.4. The molecule has 0 heterocycles. The van der Waals surface area contributed by atoms with Gasteiger partial charge in [0.15, 0.2) is 0 Å². The van der Waals surface area contributed by atoms with E-state index in [1.54, 1.807) is 4.90 Å². The Morgan fingerprint density at radius 1 is 0.923 bits per heavy atom. The molecule has 0 saturated heterocycles. The third-order valence-electron chi connectivity index (χ3n) is 4.22. The minimum absolute atomic E-state index is 0.133. The van der Waals surface area contributed by atoms with E-state index in [4.69, 9.17) is 0 Å². The summed E-state index contributed by atoms with van der Waals surface area (Å²) < 4.78 is 25.5. The molecule has 6 heteroatoms. The van der Waals surface area contributed by atoms with Crippen molar-refractivity contribution in [2.24, 2.45) is 0 Å². The zero-order chi connectivity index (χ0) is 19.0. The molecule has 26 heavy (non-hydrogen) atoms. The molecule has 0 aliphatic rings. The van der Waals surface area contributed by atoms with Gasteiger partial charge in [-0.1, -0.05) is 60.7 Å². The van der Waals surface area contributed by atoms with Crippen LogP contribution in [0.4, 0.5) is 0 Å². The maximum atomic E-state index is 12.7. The lowest BCUT2D eigenvalue weighted by Crippen LogP contribution is -2.43. The van der Waals surface area contributed by atoms with Gasteiger partial charge in [0, 0.05) is 19.6 Å². The Morgan fingerprint density at radius 2 is 1.46 bits per heavy atom. The molecule has 0 aliphatic carbocycles. The molecule has 1 amide bonds. The Balaban J connectivity index is 2.02. The van der Waals surface area contributed by atoms with Gasteiger partial charge in [-0.2, -0.15) is 4.31 Å². The van der Waals surface area contributed by atoms with Crippen LogP contribution in [0.15, 0.2) is 60.7 Å². The molecule has 2 rings (SSSR count). The zero-order valence-corrected chi connectivity index (χ0v) is 16.2. The SMILES string of the molecule is CCN(Cc1ccccc1)C(=O)CN(CCc1ccccc1)S(C)(=O)=O. The van der Waals surface area contributed by atoms with Crippen LogP contribution in [0.3, 0.4) is 0 Å². The van der Waals surface area contributed by atoms with E-state index in [9.17, 15) is 13.2 Å². The molecule has 0 fully saturated rings. The molecule has 0 atom stereocenters. The number of hydrogen-bond acceptors (Lipinski definition) is 3. The fourth-order valence-corrected chi connectivity index (χ4v) is 3.46. The Bertz CT molecular complexity index is 792. The standard InChI is InChI=1S/C20H26N2O3S/c1-3-21(16-19-12-8-5-9-13-19)20(23)17-22(26(2,24)25)15-14-18-10-6-4-7-11-18/h4-13H,3,14-17H2,1-2H3. The van der Waals surface area contributed by atoms with Crippen LogP contribution >= 0.6 is 0 Å². The van der Waals surface area contributed by atoms with E-state index >= 15 is 0 Å². The highest BCUT2D eigenvalue weighted by Gasteiger charge is 2.23. The monoisotopic (exact) mass is 374 g/mol. The second kappa shape index (κ2) is 9.50. The molecule has 0 unspecified atom stereocenters. The fourth-order valence-electron chi connectivity index (χ4n) is 2.69. The van der Waals surface area contributed by atoms with Crippen LogP contribution in [0.2, 0.25) is 0 Å². The molecular weight excluding hydrogens is 348 g/mol. The molecule has 0 aliphatic heterocycles. The average Bonchev–Trinajstić information content (AvgIpc) is 2.63. The van der Waals surface area contributed by atoms with Crippen LogP contribution in [0.1, 0.15) is 18.1 Å². The molecule has 0 spiro atoms. The van der Waals surface area contributed by atoms with Gasteiger partial charge in [0.25, 0.3) is 0 Å². The first-order valence-electron chi connectivity index (χ1n) is 8.71. The summed E-state index contributed by atoms with van der Waals surface area (Å²) in [6.45, 7) is 3.07. The van der Waals surface area contributed by atoms with Gasteiger partial charge in [-0.05, 0) is 24.5 Å². The number of carbonyl (C=O) groups excluding carboxylic acids is 1. The van der Waals surface area contributed by atoms with Crippen molar-refractivity contribution in [2.75, 3.05) is 25.9 Å². The van der Waals surface area contributed by atoms with Crippen molar-refractivity contribution >= 4 is 15.9 Å². The molecule has 2 aromatic carbocycles. The number of rotatable bonds is 9. The van der Waals surface area contributed by atoms with Crippen LogP contribution in [-0.4, -0.2) is 49.4 Å². The van der Waals surface area contributed by atoms with Crippen molar-refractivity contribution in [1.29, 1.82) is 0 Å². The van der Waals surface area contributed by atoms with Crippen LogP contribution in [0, 0.1) is 0 Å². The Kier molecular flexibility index (Phi) is 7.36. The normalized spacial score (nSPS) is 11.5. The Morgan fingerprint density at radius 3 is 1.96 bits per heavy atom. The number of amides is 1. The highest BCUT2D eigenvalue weighted by molar-refractivity contribution is 7.88. The first-order valence-corrected chi connectivity index (χ1v) is 10.6. The molecule has 5 nitrogen and oxygen atoms in total. The number of sulfonamides is 1. The molecule has 0 radical (unpaired) electrons. The molecule has 2 aromatic rings. The number of benzene rings is 2. The second-order valence-electron chi connectivity index (χ2n) is 6.23. The van der Waals surface area contributed by atoms with Gasteiger partial charge in [-0.15, -0.1) is 0 Å². The van der Waals surface area contributed by atoms with Gasteiger partial charge >= 0.3 is 0 Å². The highest BCUT2D eigenvalue weighted by Crippen LogP contribution is 2.08. The van der Waals surface area contributed by atoms with Crippen LogP contribution in [-0.2, 0) is 27.8 Å². The van der Waals surface area contributed by atoms with Gasteiger partial charge in [0.1, 0.15) is 0 Å². The minimum atomic E-state index is -3.46. The summed E-state index contributed by atoms with van der Waals surface area (Å²) in [5, 5.41) is 0. The maximum absolute atomic E-state index is 12.7. The van der Waals surface area contributed by atoms with Crippen LogP contribution in [0.5, 0.6) is 0 Å². The number of likely N-dealkylation sites (N-methyl/N-ethyl adjacent to an activating group) is 1. The molecular formula is C20H26N2O3S. The quantitative estimate of drug-likeness (QED) is 0.678. The second-order valence-corrected chi connectivity index (χ2v) is 8.21. The lowest BCUT2D eigenvalue weighted by Gasteiger charge is -2.25. The van der Waals surface area contributed by atoms with E-state index < -0.39 is 10.0 Å². The predicted molar refractivity (Wildman–Crippen MR) is 104 cm³/mol. The molecule has 0 aromatic heterocycles. The van der Waals surface area contributed by atoms with E-state index in [1.165, 1.54) is 4.31 Å². The number of hydrogen-bond donors (Lipinski definition) is 0. The maximum Gasteiger partial charge on any atom is 0.238 e. The van der Waals surface area contributed by atoms with Crippen molar-refractivity contribution in [3.8, 4) is 0 Å². The van der Waals surface area contributed by atoms with E-state index in [1.807, 2.05) is 67.6 Å². The van der Waals surface area contributed by atoms with E-state index in [2.05, 4.69) is 0 Å². The lowest BCUT2D eigenvalue weighted by atomic mass is 10.1. The van der Waals surface area contributed by atoms with Crippen molar-refractivity contribution in [3.63, 3.8) is 0 Å². The predicted octanol–water partition coefficient (Wildman–Crippen LogP) is 2.54. The van der Waals surface area contributed by atoms with E-state index in [-0.39, 0.29) is 19.0 Å². The largest absolute Gasteiger partial charge is 0.338 e. The first kappa shape index (κ1) is 20.1. The molecule has 0 saturated carbocycles.